The van der Waals surface area contributed by atoms with E-state index in [4.69, 9.17) is 21.1 Å². The van der Waals surface area contributed by atoms with E-state index in [9.17, 15) is 4.79 Å². The van der Waals surface area contributed by atoms with Crippen molar-refractivity contribution in [2.45, 2.75) is 12.8 Å². The van der Waals surface area contributed by atoms with Crippen LogP contribution in [0.2, 0.25) is 5.02 Å². The summed E-state index contributed by atoms with van der Waals surface area (Å²) in [5.41, 5.74) is 2.62. The lowest BCUT2D eigenvalue weighted by atomic mass is 10.0. The number of hydrogen-bond donors (Lipinski definition) is 1. The Morgan fingerprint density at radius 2 is 2.05 bits per heavy atom. The maximum Gasteiger partial charge on any atom is 0.310 e. The minimum Gasteiger partial charge on any atom is -0.481 e. The largest absolute Gasteiger partial charge is 0.481 e. The minimum atomic E-state index is -0.871. The SMILES string of the molecule is C[C@@H](C(=O)O)c1ccc2oc(-c3ccccc3Cl)nc2c1. The van der Waals surface area contributed by atoms with E-state index in [2.05, 4.69) is 4.98 Å². The Morgan fingerprint density at radius 3 is 2.76 bits per heavy atom. The van der Waals surface area contributed by atoms with Gasteiger partial charge < -0.3 is 9.52 Å². The fourth-order valence-electron chi connectivity index (χ4n) is 2.11. The topological polar surface area (TPSA) is 63.3 Å². The van der Waals surface area contributed by atoms with Crippen LogP contribution in [-0.4, -0.2) is 16.1 Å². The van der Waals surface area contributed by atoms with Gasteiger partial charge in [-0.05, 0) is 36.8 Å². The Balaban J connectivity index is 2.09. The smallest absolute Gasteiger partial charge is 0.310 e. The standard InChI is InChI=1S/C16H12ClNO3/c1-9(16(19)20)10-6-7-14-13(8-10)18-15(21-14)11-4-2-3-5-12(11)17/h2-9H,1H3,(H,19,20)/t9-/m1/s1. The molecule has 1 aromatic heterocycles. The highest BCUT2D eigenvalue weighted by molar-refractivity contribution is 6.33. The molecule has 0 saturated heterocycles. The number of aliphatic carboxylic acids is 1. The van der Waals surface area contributed by atoms with Crippen molar-refractivity contribution in [2.75, 3.05) is 0 Å². The molecule has 0 unspecified atom stereocenters. The van der Waals surface area contributed by atoms with Crippen LogP contribution in [0.4, 0.5) is 0 Å². The van der Waals surface area contributed by atoms with Crippen LogP contribution in [0.5, 0.6) is 0 Å². The lowest BCUT2D eigenvalue weighted by molar-refractivity contribution is -0.138. The molecule has 0 aliphatic heterocycles. The third-order valence-corrected chi connectivity index (χ3v) is 3.72. The van der Waals surface area contributed by atoms with Crippen molar-refractivity contribution in [3.8, 4) is 11.5 Å². The third-order valence-electron chi connectivity index (χ3n) is 3.39. The monoisotopic (exact) mass is 301 g/mol. The van der Waals surface area contributed by atoms with Crippen LogP contribution >= 0.6 is 11.6 Å². The van der Waals surface area contributed by atoms with Crippen molar-refractivity contribution in [1.82, 2.24) is 4.98 Å². The summed E-state index contributed by atoms with van der Waals surface area (Å²) in [5.74, 6) is -1.03. The van der Waals surface area contributed by atoms with Gasteiger partial charge in [0.25, 0.3) is 0 Å². The number of rotatable bonds is 3. The first-order valence-corrected chi connectivity index (χ1v) is 6.82. The van der Waals surface area contributed by atoms with Gasteiger partial charge in [0.15, 0.2) is 5.58 Å². The Morgan fingerprint density at radius 1 is 1.29 bits per heavy atom. The molecule has 0 bridgehead atoms. The number of fused-ring (bicyclic) bond motifs is 1. The molecule has 1 N–H and O–H groups in total. The number of aromatic nitrogens is 1. The zero-order chi connectivity index (χ0) is 15.0. The van der Waals surface area contributed by atoms with Crippen LogP contribution in [0.1, 0.15) is 18.4 Å². The Labute approximate surface area is 126 Å². The van der Waals surface area contributed by atoms with Crippen LogP contribution < -0.4 is 0 Å². The average molecular weight is 302 g/mol. The van der Waals surface area contributed by atoms with E-state index >= 15 is 0 Å². The first-order valence-electron chi connectivity index (χ1n) is 6.44. The first kappa shape index (κ1) is 13.6. The van der Waals surface area contributed by atoms with Gasteiger partial charge in [-0.1, -0.05) is 29.8 Å². The Hall–Kier alpha value is -2.33. The molecule has 0 saturated carbocycles. The molecule has 2 aromatic carbocycles. The highest BCUT2D eigenvalue weighted by Crippen LogP contribution is 2.30. The quantitative estimate of drug-likeness (QED) is 0.781. The predicted molar refractivity (Wildman–Crippen MR) is 80.5 cm³/mol. The van der Waals surface area contributed by atoms with E-state index in [1.165, 1.54) is 0 Å². The van der Waals surface area contributed by atoms with Crippen LogP contribution in [0.25, 0.3) is 22.6 Å². The number of carboxylic acid groups (broad SMARTS) is 1. The number of nitrogens with zero attached hydrogens (tertiary/aromatic N) is 1. The number of benzene rings is 2. The highest BCUT2D eigenvalue weighted by atomic mass is 35.5. The summed E-state index contributed by atoms with van der Waals surface area (Å²) in [7, 11) is 0. The van der Waals surface area contributed by atoms with E-state index < -0.39 is 11.9 Å². The molecule has 0 spiro atoms. The first-order chi connectivity index (χ1) is 10.1. The number of oxazole rings is 1. The molecule has 0 fully saturated rings. The summed E-state index contributed by atoms with van der Waals surface area (Å²) in [6.07, 6.45) is 0. The molecule has 3 aromatic rings. The van der Waals surface area contributed by atoms with Gasteiger partial charge in [-0.15, -0.1) is 0 Å². The molecule has 0 aliphatic carbocycles. The second-order valence-corrected chi connectivity index (χ2v) is 5.19. The lowest BCUT2D eigenvalue weighted by Gasteiger charge is -2.04. The summed E-state index contributed by atoms with van der Waals surface area (Å²) in [6.45, 7) is 1.64. The van der Waals surface area contributed by atoms with Crippen LogP contribution in [-0.2, 0) is 4.79 Å². The second kappa shape index (κ2) is 5.22. The molecule has 21 heavy (non-hydrogen) atoms. The van der Waals surface area contributed by atoms with Gasteiger partial charge in [0, 0.05) is 0 Å². The maximum atomic E-state index is 11.0. The molecule has 3 rings (SSSR count). The number of carboxylic acids is 1. The predicted octanol–water partition coefficient (Wildman–Crippen LogP) is 4.34. The van der Waals surface area contributed by atoms with Crippen LogP contribution in [0, 0.1) is 0 Å². The van der Waals surface area contributed by atoms with Crippen molar-refractivity contribution >= 4 is 28.7 Å². The van der Waals surface area contributed by atoms with Crippen molar-refractivity contribution < 1.29 is 14.3 Å². The van der Waals surface area contributed by atoms with Gasteiger partial charge in [0.05, 0.1) is 16.5 Å². The van der Waals surface area contributed by atoms with Gasteiger partial charge in [-0.25, -0.2) is 4.98 Å². The molecule has 1 heterocycles. The zero-order valence-corrected chi connectivity index (χ0v) is 12.0. The van der Waals surface area contributed by atoms with Crippen molar-refractivity contribution in [1.29, 1.82) is 0 Å². The molecular weight excluding hydrogens is 290 g/mol. The van der Waals surface area contributed by atoms with Gasteiger partial charge in [-0.3, -0.25) is 4.79 Å². The third kappa shape index (κ3) is 2.50. The second-order valence-electron chi connectivity index (χ2n) is 4.79. The van der Waals surface area contributed by atoms with Crippen molar-refractivity contribution in [2.24, 2.45) is 0 Å². The fourth-order valence-corrected chi connectivity index (χ4v) is 2.32. The molecule has 106 valence electrons. The summed E-state index contributed by atoms with van der Waals surface area (Å²) in [5, 5.41) is 9.62. The molecule has 0 amide bonds. The maximum absolute atomic E-state index is 11.0. The highest BCUT2D eigenvalue weighted by Gasteiger charge is 2.16. The number of carbonyl (C=O) groups is 1. The summed E-state index contributed by atoms with van der Waals surface area (Å²) in [4.78, 5) is 15.4. The normalized spacial score (nSPS) is 12.5. The molecule has 1 atom stereocenters. The lowest BCUT2D eigenvalue weighted by Crippen LogP contribution is -2.06. The summed E-state index contributed by atoms with van der Waals surface area (Å²) >= 11 is 6.13. The fraction of sp³-hybridized carbons (Fsp3) is 0.125. The van der Waals surface area contributed by atoms with E-state index in [-0.39, 0.29) is 0 Å². The average Bonchev–Trinajstić information content (AvgIpc) is 2.89. The molecule has 0 aliphatic rings. The van der Waals surface area contributed by atoms with Crippen molar-refractivity contribution in [3.63, 3.8) is 0 Å². The van der Waals surface area contributed by atoms with E-state index in [1.54, 1.807) is 31.2 Å². The van der Waals surface area contributed by atoms with Gasteiger partial charge >= 0.3 is 5.97 Å². The number of hydrogen-bond acceptors (Lipinski definition) is 3. The zero-order valence-electron chi connectivity index (χ0n) is 11.2. The summed E-state index contributed by atoms with van der Waals surface area (Å²) < 4.78 is 5.69. The molecular formula is C16H12ClNO3. The summed E-state index contributed by atoms with van der Waals surface area (Å²) in [6, 6.07) is 12.5. The molecule has 4 nitrogen and oxygen atoms in total. The molecule has 5 heteroatoms. The van der Waals surface area contributed by atoms with E-state index in [0.717, 1.165) is 0 Å². The van der Waals surface area contributed by atoms with E-state index in [0.29, 0.717) is 33.1 Å². The minimum absolute atomic E-state index is 0.427. The van der Waals surface area contributed by atoms with Crippen LogP contribution in [0.3, 0.4) is 0 Å². The number of halogens is 1. The molecule has 0 radical (unpaired) electrons. The Kier molecular flexibility index (Phi) is 3.39. The van der Waals surface area contributed by atoms with Gasteiger partial charge in [0.1, 0.15) is 5.52 Å². The Bertz CT molecular complexity index is 825. The van der Waals surface area contributed by atoms with Crippen molar-refractivity contribution in [3.05, 3.63) is 53.1 Å². The van der Waals surface area contributed by atoms with Crippen LogP contribution in [0.15, 0.2) is 46.9 Å². The van der Waals surface area contributed by atoms with E-state index in [1.807, 2.05) is 18.2 Å². The van der Waals surface area contributed by atoms with Gasteiger partial charge in [0.2, 0.25) is 5.89 Å². The van der Waals surface area contributed by atoms with Gasteiger partial charge in [-0.2, -0.15) is 0 Å².